The van der Waals surface area contributed by atoms with Crippen LogP contribution in [0.4, 0.5) is 0 Å². The molecule has 0 saturated carbocycles. The second kappa shape index (κ2) is 8.36. The highest BCUT2D eigenvalue weighted by Crippen LogP contribution is 2.31. The predicted molar refractivity (Wildman–Crippen MR) is 125 cm³/mol. The van der Waals surface area contributed by atoms with Crippen LogP contribution in [0.3, 0.4) is 0 Å². The molecule has 0 fully saturated rings. The number of nitrogens with one attached hydrogen (secondary N) is 1. The smallest absolute Gasteiger partial charge is 0.339 e. The number of nitrogens with zero attached hydrogens (tertiary/aromatic N) is 3. The second-order valence-corrected chi connectivity index (χ2v) is 10.1. The lowest BCUT2D eigenvalue weighted by molar-refractivity contribution is -0.114. The Morgan fingerprint density at radius 3 is 2.38 bits per heavy atom. The molecule has 1 N–H and O–H groups in total. The zero-order chi connectivity index (χ0) is 23.0. The van der Waals surface area contributed by atoms with E-state index in [1.807, 2.05) is 20.8 Å². The van der Waals surface area contributed by atoms with Crippen LogP contribution < -0.4 is 4.18 Å². The van der Waals surface area contributed by atoms with Gasteiger partial charge in [0.2, 0.25) is 5.17 Å². The van der Waals surface area contributed by atoms with Gasteiger partial charge < -0.3 is 4.18 Å². The van der Waals surface area contributed by atoms with E-state index in [1.165, 1.54) is 47.1 Å². The Hall–Kier alpha value is -3.24. The minimum absolute atomic E-state index is 0.0505. The molecule has 2 aromatic rings. The zero-order valence-electron chi connectivity index (χ0n) is 17.6. The third-order valence-electron chi connectivity index (χ3n) is 4.67. The number of amides is 1. The first-order valence-electron chi connectivity index (χ1n) is 9.75. The summed E-state index contributed by atoms with van der Waals surface area (Å²) in [7, 11) is -3.96. The van der Waals surface area contributed by atoms with Gasteiger partial charge >= 0.3 is 10.1 Å². The van der Waals surface area contributed by atoms with Crippen LogP contribution in [0.5, 0.6) is 5.75 Å². The molecule has 4 rings (SSSR count). The summed E-state index contributed by atoms with van der Waals surface area (Å²) >= 11 is 1.29. The summed E-state index contributed by atoms with van der Waals surface area (Å²) in [6, 6.07) is 12.6. The van der Waals surface area contributed by atoms with E-state index >= 15 is 0 Å². The lowest BCUT2D eigenvalue weighted by Gasteiger charge is -2.20. The normalized spacial score (nSPS) is 17.5. The summed E-state index contributed by atoms with van der Waals surface area (Å²) in [5.74, 6) is -0.269. The van der Waals surface area contributed by atoms with Gasteiger partial charge in [0.15, 0.2) is 5.84 Å². The maximum absolute atomic E-state index is 12.5. The van der Waals surface area contributed by atoms with Crippen molar-refractivity contribution in [3.05, 3.63) is 65.2 Å². The van der Waals surface area contributed by atoms with Gasteiger partial charge in [0.25, 0.3) is 5.91 Å². The van der Waals surface area contributed by atoms with Crippen molar-refractivity contribution in [3.8, 4) is 5.75 Å². The molecule has 2 aromatic carbocycles. The van der Waals surface area contributed by atoms with E-state index in [1.54, 1.807) is 24.3 Å². The van der Waals surface area contributed by atoms with Crippen LogP contribution in [0.2, 0.25) is 0 Å². The number of thioether (sulfide) groups is 1. The van der Waals surface area contributed by atoms with E-state index in [2.05, 4.69) is 10.1 Å². The Labute approximate surface area is 190 Å². The van der Waals surface area contributed by atoms with Crippen LogP contribution in [0.1, 0.15) is 25.0 Å². The first kappa shape index (κ1) is 22.0. The van der Waals surface area contributed by atoms with Crippen molar-refractivity contribution in [1.29, 1.82) is 5.41 Å². The number of aliphatic imine (C=N–C) groups is 1. The number of hydrogen-bond donors (Lipinski definition) is 1. The molecule has 1 amide bonds. The predicted octanol–water partition coefficient (Wildman–Crippen LogP) is 4.04. The van der Waals surface area contributed by atoms with Gasteiger partial charge in [0, 0.05) is 5.92 Å². The van der Waals surface area contributed by atoms with Gasteiger partial charge in [-0.25, -0.2) is 0 Å². The Morgan fingerprint density at radius 2 is 1.75 bits per heavy atom. The molecule has 0 saturated heterocycles. The van der Waals surface area contributed by atoms with Gasteiger partial charge in [-0.2, -0.15) is 23.5 Å². The molecule has 164 valence electrons. The van der Waals surface area contributed by atoms with Crippen molar-refractivity contribution in [2.75, 3.05) is 0 Å². The number of benzene rings is 2. The monoisotopic (exact) mass is 468 g/mol. The highest BCUT2D eigenvalue weighted by molar-refractivity contribution is 8.27. The lowest BCUT2D eigenvalue weighted by atomic mass is 10.1. The number of carbonyl (C=O) groups excluding carboxylic acids is 1. The van der Waals surface area contributed by atoms with Crippen molar-refractivity contribution in [2.45, 2.75) is 25.7 Å². The first-order chi connectivity index (χ1) is 15.1. The average Bonchev–Trinajstić information content (AvgIpc) is 3.17. The number of hydrazone groups is 1. The summed E-state index contributed by atoms with van der Waals surface area (Å²) in [6.45, 7) is 5.83. The van der Waals surface area contributed by atoms with Crippen LogP contribution in [0.25, 0.3) is 6.08 Å². The van der Waals surface area contributed by atoms with Gasteiger partial charge in [-0.05, 0) is 54.6 Å². The molecule has 2 heterocycles. The summed E-state index contributed by atoms with van der Waals surface area (Å²) in [6.07, 6.45) is 1.52. The van der Waals surface area contributed by atoms with Crippen LogP contribution in [-0.4, -0.2) is 35.4 Å². The first-order valence-corrected chi connectivity index (χ1v) is 12.0. The van der Waals surface area contributed by atoms with E-state index in [0.717, 1.165) is 10.6 Å². The molecule has 0 spiro atoms. The standard InChI is InChI=1S/C22H20N4O4S2/c1-13(2)21-25-26-19(23)18(20(27)24-22(26)31-21)12-15-6-8-16(9-7-15)30-32(28,29)17-10-4-14(3)5-11-17/h4-13,23H,1-3H3/b18-12-,23-19?. The number of aryl methyl sites for hydroxylation is 1. The van der Waals surface area contributed by atoms with E-state index in [9.17, 15) is 13.2 Å². The Bertz CT molecular complexity index is 1290. The summed E-state index contributed by atoms with van der Waals surface area (Å²) in [5, 5.41) is 15.3. The van der Waals surface area contributed by atoms with Crippen LogP contribution >= 0.6 is 11.8 Å². The molecular formula is C22H20N4O4S2. The molecule has 0 radical (unpaired) electrons. The van der Waals surface area contributed by atoms with E-state index < -0.39 is 16.0 Å². The Kier molecular flexibility index (Phi) is 5.74. The minimum Gasteiger partial charge on any atom is -0.379 e. The van der Waals surface area contributed by atoms with Crippen molar-refractivity contribution >= 4 is 49.9 Å². The van der Waals surface area contributed by atoms with Gasteiger partial charge in [-0.15, -0.1) is 0 Å². The molecule has 0 aromatic heterocycles. The highest BCUT2D eigenvalue weighted by Gasteiger charge is 2.36. The Balaban J connectivity index is 1.54. The third kappa shape index (κ3) is 4.37. The maximum Gasteiger partial charge on any atom is 0.339 e. The van der Waals surface area contributed by atoms with Crippen LogP contribution in [0.15, 0.2) is 69.1 Å². The number of rotatable bonds is 5. The van der Waals surface area contributed by atoms with Crippen molar-refractivity contribution in [1.82, 2.24) is 5.01 Å². The molecule has 32 heavy (non-hydrogen) atoms. The molecule has 0 bridgehead atoms. The second-order valence-electron chi connectivity index (χ2n) is 7.53. The van der Waals surface area contributed by atoms with Gasteiger partial charge in [-0.1, -0.05) is 43.7 Å². The van der Waals surface area contributed by atoms with Crippen LogP contribution in [-0.2, 0) is 14.9 Å². The number of carbonyl (C=O) groups is 1. The molecule has 10 heteroatoms. The molecule has 0 aliphatic carbocycles. The fourth-order valence-corrected chi connectivity index (χ4v) is 4.73. The molecule has 0 unspecified atom stereocenters. The Morgan fingerprint density at radius 1 is 1.09 bits per heavy atom. The third-order valence-corrected chi connectivity index (χ3v) is 7.14. The topological polar surface area (TPSA) is 112 Å². The minimum atomic E-state index is -3.96. The molecule has 2 aliphatic heterocycles. The van der Waals surface area contributed by atoms with Crippen LogP contribution in [0, 0.1) is 18.3 Å². The number of amidine groups is 2. The average molecular weight is 469 g/mol. The van der Waals surface area contributed by atoms with Gasteiger partial charge in [0.1, 0.15) is 15.7 Å². The van der Waals surface area contributed by atoms with Crippen molar-refractivity contribution in [2.24, 2.45) is 16.0 Å². The number of hydrogen-bond acceptors (Lipinski definition) is 7. The molecular weight excluding hydrogens is 448 g/mol. The summed E-state index contributed by atoms with van der Waals surface area (Å²) in [5.41, 5.74) is 1.64. The van der Waals surface area contributed by atoms with Crippen molar-refractivity contribution < 1.29 is 17.4 Å². The van der Waals surface area contributed by atoms with E-state index in [4.69, 9.17) is 9.59 Å². The van der Waals surface area contributed by atoms with Crippen molar-refractivity contribution in [3.63, 3.8) is 0 Å². The van der Waals surface area contributed by atoms with E-state index in [0.29, 0.717) is 10.7 Å². The maximum atomic E-state index is 12.5. The quantitative estimate of drug-likeness (QED) is 0.524. The highest BCUT2D eigenvalue weighted by atomic mass is 32.2. The van der Waals surface area contributed by atoms with E-state index in [-0.39, 0.29) is 28.0 Å². The summed E-state index contributed by atoms with van der Waals surface area (Å²) in [4.78, 5) is 16.6. The fraction of sp³-hybridized carbons (Fsp3) is 0.182. The fourth-order valence-electron chi connectivity index (χ4n) is 2.91. The summed E-state index contributed by atoms with van der Waals surface area (Å²) < 4.78 is 30.1. The van der Waals surface area contributed by atoms with Gasteiger partial charge in [-0.3, -0.25) is 10.2 Å². The lowest BCUT2D eigenvalue weighted by Crippen LogP contribution is -2.35. The molecule has 0 atom stereocenters. The molecule has 2 aliphatic rings. The largest absolute Gasteiger partial charge is 0.379 e. The zero-order valence-corrected chi connectivity index (χ0v) is 19.2. The number of fused-ring (bicyclic) bond motifs is 1. The SMILES string of the molecule is Cc1ccc(S(=O)(=O)Oc2ccc(/C=C3/C(=N)N4N=C(C(C)C)SC4=NC3=O)cc2)cc1. The van der Waals surface area contributed by atoms with Gasteiger partial charge in [0.05, 0.1) is 5.57 Å². The molecule has 8 nitrogen and oxygen atoms in total.